The summed E-state index contributed by atoms with van der Waals surface area (Å²) >= 11 is 0. The van der Waals surface area contributed by atoms with Crippen LogP contribution in [0.15, 0.2) is 29.2 Å². The van der Waals surface area contributed by atoms with Gasteiger partial charge in [-0.2, -0.15) is 0 Å². The molecule has 0 radical (unpaired) electrons. The van der Waals surface area contributed by atoms with Crippen LogP contribution in [0, 0.1) is 0 Å². The number of carbonyl (C=O) groups is 1. The van der Waals surface area contributed by atoms with E-state index < -0.39 is 10.0 Å². The first kappa shape index (κ1) is 17.6. The minimum absolute atomic E-state index is 0.0652. The molecule has 0 aliphatic carbocycles. The third kappa shape index (κ3) is 5.11. The van der Waals surface area contributed by atoms with Gasteiger partial charge in [0.25, 0.3) is 0 Å². The lowest BCUT2D eigenvalue weighted by atomic mass is 10.1. The minimum Gasteiger partial charge on any atom is -0.349 e. The molecular weight excluding hydrogens is 290 g/mol. The normalized spacial score (nSPS) is 13.0. The van der Waals surface area contributed by atoms with Crippen molar-refractivity contribution in [2.75, 3.05) is 27.7 Å². The summed E-state index contributed by atoms with van der Waals surface area (Å²) in [6.45, 7) is 2.04. The van der Waals surface area contributed by atoms with Gasteiger partial charge in [-0.3, -0.25) is 4.79 Å². The second-order valence-corrected chi connectivity index (χ2v) is 6.79. The molecule has 6 nitrogen and oxygen atoms in total. The van der Waals surface area contributed by atoms with Gasteiger partial charge in [-0.15, -0.1) is 0 Å². The van der Waals surface area contributed by atoms with Crippen LogP contribution in [-0.4, -0.2) is 46.9 Å². The summed E-state index contributed by atoms with van der Waals surface area (Å²) in [5.41, 5.74) is 0.893. The predicted octanol–water partition coefficient (Wildman–Crippen LogP) is 0.724. The van der Waals surface area contributed by atoms with Crippen molar-refractivity contribution in [3.8, 4) is 0 Å². The molecule has 0 heterocycles. The minimum atomic E-state index is -3.59. The van der Waals surface area contributed by atoms with Crippen LogP contribution in [0.4, 0.5) is 0 Å². The van der Waals surface area contributed by atoms with Crippen molar-refractivity contribution in [2.45, 2.75) is 24.3 Å². The molecule has 0 aromatic heterocycles. The Labute approximate surface area is 126 Å². The Bertz CT molecular complexity index is 585. The van der Waals surface area contributed by atoms with Crippen molar-refractivity contribution in [1.82, 2.24) is 14.9 Å². The monoisotopic (exact) mass is 313 g/mol. The molecule has 2 N–H and O–H groups in total. The van der Waals surface area contributed by atoms with Gasteiger partial charge in [0.15, 0.2) is 0 Å². The standard InChI is InChI=1S/C14H23N3O3S/c1-11(15-2)12-6-5-7-13(10-12)21(19,20)16-9-8-14(18)17(3)4/h5-7,10-11,15-16H,8-9H2,1-4H3. The average molecular weight is 313 g/mol. The second kappa shape index (κ2) is 7.53. The van der Waals surface area contributed by atoms with Gasteiger partial charge in [0.05, 0.1) is 4.90 Å². The zero-order valence-corrected chi connectivity index (χ0v) is 13.7. The summed E-state index contributed by atoms with van der Waals surface area (Å²) in [7, 11) is 1.50. The second-order valence-electron chi connectivity index (χ2n) is 5.02. The molecular formula is C14H23N3O3S. The van der Waals surface area contributed by atoms with E-state index in [-0.39, 0.29) is 29.8 Å². The van der Waals surface area contributed by atoms with Gasteiger partial charge in [-0.25, -0.2) is 13.1 Å². The van der Waals surface area contributed by atoms with Crippen molar-refractivity contribution in [1.29, 1.82) is 0 Å². The fraction of sp³-hybridized carbons (Fsp3) is 0.500. The maximum absolute atomic E-state index is 12.2. The van der Waals surface area contributed by atoms with Gasteiger partial charge < -0.3 is 10.2 Å². The number of rotatable bonds is 7. The van der Waals surface area contributed by atoms with E-state index in [0.717, 1.165) is 5.56 Å². The van der Waals surface area contributed by atoms with Gasteiger partial charge in [0, 0.05) is 33.1 Å². The van der Waals surface area contributed by atoms with E-state index in [2.05, 4.69) is 10.0 Å². The highest BCUT2D eigenvalue weighted by atomic mass is 32.2. The Morgan fingerprint density at radius 2 is 2.00 bits per heavy atom. The van der Waals surface area contributed by atoms with Gasteiger partial charge in [0.2, 0.25) is 15.9 Å². The molecule has 1 aromatic carbocycles. The molecule has 0 spiro atoms. The molecule has 0 aliphatic heterocycles. The highest BCUT2D eigenvalue weighted by Crippen LogP contribution is 2.17. The number of hydrogen-bond donors (Lipinski definition) is 2. The first-order valence-corrected chi connectivity index (χ1v) is 8.23. The zero-order valence-electron chi connectivity index (χ0n) is 12.9. The lowest BCUT2D eigenvalue weighted by Crippen LogP contribution is -2.30. The molecule has 0 saturated heterocycles. The third-order valence-corrected chi connectivity index (χ3v) is 4.69. The van der Waals surface area contributed by atoms with Crippen molar-refractivity contribution >= 4 is 15.9 Å². The molecule has 0 bridgehead atoms. The van der Waals surface area contributed by atoms with E-state index in [1.54, 1.807) is 32.3 Å². The Balaban J connectivity index is 2.77. The number of sulfonamides is 1. The van der Waals surface area contributed by atoms with E-state index in [0.29, 0.717) is 0 Å². The van der Waals surface area contributed by atoms with Crippen molar-refractivity contribution < 1.29 is 13.2 Å². The largest absolute Gasteiger partial charge is 0.349 e. The van der Waals surface area contributed by atoms with Crippen LogP contribution in [-0.2, 0) is 14.8 Å². The summed E-state index contributed by atoms with van der Waals surface area (Å²) in [6, 6.07) is 6.83. The highest BCUT2D eigenvalue weighted by molar-refractivity contribution is 7.89. The first-order chi connectivity index (χ1) is 9.77. The number of amides is 1. The fourth-order valence-electron chi connectivity index (χ4n) is 1.72. The van der Waals surface area contributed by atoms with Crippen LogP contribution in [0.3, 0.4) is 0 Å². The van der Waals surface area contributed by atoms with Crippen LogP contribution in [0.25, 0.3) is 0 Å². The van der Waals surface area contributed by atoms with E-state index in [4.69, 9.17) is 0 Å². The third-order valence-electron chi connectivity index (χ3n) is 3.23. The molecule has 0 aliphatic rings. The van der Waals surface area contributed by atoms with Crippen molar-refractivity contribution in [3.05, 3.63) is 29.8 Å². The molecule has 1 aromatic rings. The molecule has 118 valence electrons. The fourth-order valence-corrected chi connectivity index (χ4v) is 2.80. The topological polar surface area (TPSA) is 78.5 Å². The maximum Gasteiger partial charge on any atom is 0.240 e. The van der Waals surface area contributed by atoms with Crippen molar-refractivity contribution in [3.63, 3.8) is 0 Å². The molecule has 1 unspecified atom stereocenters. The highest BCUT2D eigenvalue weighted by Gasteiger charge is 2.16. The molecule has 0 fully saturated rings. The Morgan fingerprint density at radius 1 is 1.33 bits per heavy atom. The SMILES string of the molecule is CNC(C)c1cccc(S(=O)(=O)NCCC(=O)N(C)C)c1. The van der Waals surface area contributed by atoms with Crippen LogP contribution in [0.5, 0.6) is 0 Å². The number of benzene rings is 1. The summed E-state index contributed by atoms with van der Waals surface area (Å²) in [4.78, 5) is 13.1. The lowest BCUT2D eigenvalue weighted by molar-refractivity contribution is -0.128. The number of hydrogen-bond acceptors (Lipinski definition) is 4. The summed E-state index contributed by atoms with van der Waals surface area (Å²) in [6.07, 6.45) is 0.138. The summed E-state index contributed by atoms with van der Waals surface area (Å²) in [5, 5.41) is 3.07. The zero-order chi connectivity index (χ0) is 16.0. The molecule has 0 saturated carbocycles. The number of nitrogens with zero attached hydrogens (tertiary/aromatic N) is 1. The summed E-state index contributed by atoms with van der Waals surface area (Å²) < 4.78 is 26.8. The predicted molar refractivity (Wildman–Crippen MR) is 82.4 cm³/mol. The first-order valence-electron chi connectivity index (χ1n) is 6.75. The maximum atomic E-state index is 12.2. The lowest BCUT2D eigenvalue weighted by Gasteiger charge is -2.13. The van der Waals surface area contributed by atoms with Gasteiger partial charge in [0.1, 0.15) is 0 Å². The van der Waals surface area contributed by atoms with Gasteiger partial charge >= 0.3 is 0 Å². The Hall–Kier alpha value is -1.44. The quantitative estimate of drug-likeness (QED) is 0.777. The number of nitrogens with one attached hydrogen (secondary N) is 2. The Morgan fingerprint density at radius 3 is 2.57 bits per heavy atom. The van der Waals surface area contributed by atoms with E-state index in [9.17, 15) is 13.2 Å². The molecule has 7 heteroatoms. The average Bonchev–Trinajstić information content (AvgIpc) is 2.46. The van der Waals surface area contributed by atoms with Crippen LogP contribution in [0.2, 0.25) is 0 Å². The van der Waals surface area contributed by atoms with E-state index in [1.165, 1.54) is 4.90 Å². The Kier molecular flexibility index (Phi) is 6.32. The van der Waals surface area contributed by atoms with Crippen molar-refractivity contribution in [2.24, 2.45) is 0 Å². The summed E-state index contributed by atoms with van der Waals surface area (Å²) in [5.74, 6) is -0.116. The van der Waals surface area contributed by atoms with Gasteiger partial charge in [-0.05, 0) is 31.7 Å². The molecule has 1 atom stereocenters. The number of carbonyl (C=O) groups excluding carboxylic acids is 1. The smallest absolute Gasteiger partial charge is 0.240 e. The van der Waals surface area contributed by atoms with Crippen LogP contribution >= 0.6 is 0 Å². The molecule has 21 heavy (non-hydrogen) atoms. The van der Waals surface area contributed by atoms with Crippen LogP contribution < -0.4 is 10.0 Å². The van der Waals surface area contributed by atoms with E-state index >= 15 is 0 Å². The molecule has 1 rings (SSSR count). The van der Waals surface area contributed by atoms with Crippen LogP contribution in [0.1, 0.15) is 24.9 Å². The molecule has 1 amide bonds. The van der Waals surface area contributed by atoms with Gasteiger partial charge in [-0.1, -0.05) is 12.1 Å². The van der Waals surface area contributed by atoms with E-state index in [1.807, 2.05) is 20.0 Å².